The topological polar surface area (TPSA) is 102 Å². The summed E-state index contributed by atoms with van der Waals surface area (Å²) in [4.78, 5) is 41.0. The molecule has 0 radical (unpaired) electrons. The number of aromatic amines is 1. The Labute approximate surface area is 189 Å². The van der Waals surface area contributed by atoms with Gasteiger partial charge in [-0.1, -0.05) is 24.3 Å². The number of fused-ring (bicyclic) bond motifs is 1. The number of aromatic nitrogens is 2. The second-order valence-corrected chi connectivity index (χ2v) is 7.46. The molecule has 0 aliphatic rings. The lowest BCUT2D eigenvalue weighted by atomic mass is 10.1. The average Bonchev–Trinajstić information content (AvgIpc) is 2.85. The highest BCUT2D eigenvalue weighted by atomic mass is 16.5. The minimum atomic E-state index is -0.514. The first-order chi connectivity index (χ1) is 16.0. The van der Waals surface area contributed by atoms with Crippen LogP contribution in [0.1, 0.15) is 21.5 Å². The lowest BCUT2D eigenvalue weighted by Gasteiger charge is -2.09. The zero-order valence-corrected chi connectivity index (χ0v) is 18.3. The number of carbonyl (C=O) groups excluding carboxylic acids is 1. The molecule has 4 rings (SSSR count). The van der Waals surface area contributed by atoms with Crippen LogP contribution in [0.5, 0.6) is 11.5 Å². The molecule has 3 aromatic carbocycles. The van der Waals surface area contributed by atoms with Gasteiger partial charge in [-0.05, 0) is 53.6 Å². The van der Waals surface area contributed by atoms with E-state index < -0.39 is 11.2 Å². The molecule has 0 spiro atoms. The van der Waals surface area contributed by atoms with Crippen molar-refractivity contribution in [1.29, 1.82) is 0 Å². The third kappa shape index (κ3) is 4.79. The van der Waals surface area contributed by atoms with Gasteiger partial charge in [-0.2, -0.15) is 0 Å². The van der Waals surface area contributed by atoms with E-state index in [0.717, 1.165) is 21.4 Å². The largest absolute Gasteiger partial charge is 0.497 e. The molecule has 33 heavy (non-hydrogen) atoms. The van der Waals surface area contributed by atoms with E-state index in [9.17, 15) is 14.4 Å². The van der Waals surface area contributed by atoms with Crippen LogP contribution < -0.4 is 26.0 Å². The second-order valence-electron chi connectivity index (χ2n) is 7.46. The van der Waals surface area contributed by atoms with Crippen molar-refractivity contribution >= 4 is 16.8 Å². The highest BCUT2D eigenvalue weighted by Gasteiger charge is 2.12. The summed E-state index contributed by atoms with van der Waals surface area (Å²) in [5, 5.41) is 3.11. The molecule has 1 heterocycles. The number of hydrogen-bond donors (Lipinski definition) is 2. The number of carbonyl (C=O) groups is 1. The van der Waals surface area contributed by atoms with Crippen LogP contribution >= 0.6 is 0 Å². The Morgan fingerprint density at radius 3 is 2.09 bits per heavy atom. The first-order valence-corrected chi connectivity index (χ1v) is 10.3. The third-order valence-corrected chi connectivity index (χ3v) is 5.36. The van der Waals surface area contributed by atoms with Crippen molar-refractivity contribution in [3.8, 4) is 11.5 Å². The minimum absolute atomic E-state index is 0.0992. The molecule has 1 aromatic heterocycles. The Morgan fingerprint density at radius 1 is 0.879 bits per heavy atom. The van der Waals surface area contributed by atoms with E-state index in [-0.39, 0.29) is 17.8 Å². The molecule has 0 atom stereocenters. The number of rotatable bonds is 7. The zero-order chi connectivity index (χ0) is 23.4. The lowest BCUT2D eigenvalue weighted by Crippen LogP contribution is -2.35. The molecule has 0 unspecified atom stereocenters. The van der Waals surface area contributed by atoms with Gasteiger partial charge in [0.25, 0.3) is 11.5 Å². The molecule has 0 saturated carbocycles. The summed E-state index contributed by atoms with van der Waals surface area (Å²) in [5.41, 5.74) is 1.42. The molecule has 2 N–H and O–H groups in total. The van der Waals surface area contributed by atoms with Gasteiger partial charge in [0.2, 0.25) is 0 Å². The number of benzene rings is 3. The molecule has 0 aliphatic carbocycles. The van der Waals surface area contributed by atoms with Crippen LogP contribution in [0, 0.1) is 0 Å². The van der Waals surface area contributed by atoms with Gasteiger partial charge in [0.05, 0.1) is 31.7 Å². The van der Waals surface area contributed by atoms with E-state index in [4.69, 9.17) is 9.47 Å². The van der Waals surface area contributed by atoms with E-state index in [1.807, 2.05) is 24.3 Å². The van der Waals surface area contributed by atoms with Crippen molar-refractivity contribution < 1.29 is 14.3 Å². The number of methoxy groups -OCH3 is 2. The Morgan fingerprint density at radius 2 is 1.48 bits per heavy atom. The summed E-state index contributed by atoms with van der Waals surface area (Å²) in [6.45, 7) is 0.427. The average molecular weight is 445 g/mol. The monoisotopic (exact) mass is 445 g/mol. The van der Waals surface area contributed by atoms with Crippen LogP contribution in [0.15, 0.2) is 76.3 Å². The highest BCUT2D eigenvalue weighted by molar-refractivity contribution is 5.97. The van der Waals surface area contributed by atoms with Crippen LogP contribution in [0.3, 0.4) is 0 Å². The minimum Gasteiger partial charge on any atom is -0.497 e. The number of H-pyrrole nitrogens is 1. The van der Waals surface area contributed by atoms with E-state index in [1.165, 1.54) is 6.07 Å². The van der Waals surface area contributed by atoms with Crippen LogP contribution in [-0.2, 0) is 13.1 Å². The second kappa shape index (κ2) is 9.44. The summed E-state index contributed by atoms with van der Waals surface area (Å²) in [6.07, 6.45) is 0. The molecular weight excluding hydrogens is 422 g/mol. The Bertz CT molecular complexity index is 1400. The van der Waals surface area contributed by atoms with Crippen LogP contribution in [0.2, 0.25) is 0 Å². The first-order valence-electron chi connectivity index (χ1n) is 10.3. The lowest BCUT2D eigenvalue weighted by molar-refractivity contribution is 0.0951. The number of nitrogens with zero attached hydrogens (tertiary/aromatic N) is 1. The fourth-order valence-corrected chi connectivity index (χ4v) is 3.48. The summed E-state index contributed by atoms with van der Waals surface area (Å²) < 4.78 is 11.4. The van der Waals surface area contributed by atoms with Gasteiger partial charge in [-0.3, -0.25) is 14.2 Å². The summed E-state index contributed by atoms with van der Waals surface area (Å²) in [7, 11) is 3.16. The van der Waals surface area contributed by atoms with E-state index in [0.29, 0.717) is 23.4 Å². The Kier molecular flexibility index (Phi) is 6.26. The maximum atomic E-state index is 13.1. The first kappa shape index (κ1) is 21.9. The fourth-order valence-electron chi connectivity index (χ4n) is 3.48. The third-order valence-electron chi connectivity index (χ3n) is 5.36. The van der Waals surface area contributed by atoms with E-state index in [1.54, 1.807) is 50.6 Å². The number of nitrogens with one attached hydrogen (secondary N) is 2. The van der Waals surface area contributed by atoms with Gasteiger partial charge >= 0.3 is 5.69 Å². The smallest absolute Gasteiger partial charge is 0.329 e. The van der Waals surface area contributed by atoms with Crippen molar-refractivity contribution in [3.63, 3.8) is 0 Å². The highest BCUT2D eigenvalue weighted by Crippen LogP contribution is 2.14. The predicted octanol–water partition coefficient (Wildman–Crippen LogP) is 2.69. The molecule has 8 nitrogen and oxygen atoms in total. The summed E-state index contributed by atoms with van der Waals surface area (Å²) in [6, 6.07) is 19.1. The normalized spacial score (nSPS) is 10.7. The molecule has 8 heteroatoms. The van der Waals surface area contributed by atoms with Crippen molar-refractivity contribution in [2.45, 2.75) is 13.1 Å². The summed E-state index contributed by atoms with van der Waals surface area (Å²) >= 11 is 0. The molecule has 4 aromatic rings. The molecule has 0 fully saturated rings. The Balaban J connectivity index is 1.58. The molecule has 0 aliphatic heterocycles. The van der Waals surface area contributed by atoms with Gasteiger partial charge in [0, 0.05) is 12.1 Å². The Hall–Kier alpha value is -4.33. The van der Waals surface area contributed by atoms with Gasteiger partial charge in [0.1, 0.15) is 11.5 Å². The number of hydrogen-bond acceptors (Lipinski definition) is 5. The molecule has 0 bridgehead atoms. The molecule has 0 saturated heterocycles. The maximum Gasteiger partial charge on any atom is 0.329 e. The van der Waals surface area contributed by atoms with Crippen molar-refractivity contribution in [2.75, 3.05) is 14.2 Å². The molecule has 1 amide bonds. The van der Waals surface area contributed by atoms with Crippen molar-refractivity contribution in [2.24, 2.45) is 0 Å². The SMILES string of the molecule is COc1ccc(CNC(=O)c2ccc3[nH]c(=O)n(Cc4ccc(OC)cc4)c(=O)c3c2)cc1. The fraction of sp³-hybridized carbons (Fsp3) is 0.160. The molecular formula is C25H23N3O5. The van der Waals surface area contributed by atoms with E-state index >= 15 is 0 Å². The number of ether oxygens (including phenoxy) is 2. The van der Waals surface area contributed by atoms with E-state index in [2.05, 4.69) is 10.3 Å². The molecule has 168 valence electrons. The van der Waals surface area contributed by atoms with Crippen LogP contribution in [0.4, 0.5) is 0 Å². The predicted molar refractivity (Wildman–Crippen MR) is 125 cm³/mol. The van der Waals surface area contributed by atoms with Gasteiger partial charge in [-0.25, -0.2) is 4.79 Å². The maximum absolute atomic E-state index is 13.1. The van der Waals surface area contributed by atoms with Crippen LogP contribution in [0.25, 0.3) is 10.9 Å². The van der Waals surface area contributed by atoms with Crippen molar-refractivity contribution in [3.05, 3.63) is 104 Å². The van der Waals surface area contributed by atoms with Gasteiger partial charge in [0.15, 0.2) is 0 Å². The number of amides is 1. The summed E-state index contributed by atoms with van der Waals surface area (Å²) in [5.74, 6) is 1.10. The van der Waals surface area contributed by atoms with Crippen LogP contribution in [-0.4, -0.2) is 29.7 Å². The van der Waals surface area contributed by atoms with Gasteiger partial charge < -0.3 is 19.8 Å². The van der Waals surface area contributed by atoms with Crippen molar-refractivity contribution in [1.82, 2.24) is 14.9 Å². The quantitative estimate of drug-likeness (QED) is 0.455. The van der Waals surface area contributed by atoms with Gasteiger partial charge in [-0.15, -0.1) is 0 Å². The zero-order valence-electron chi connectivity index (χ0n) is 18.3. The standard InChI is InChI=1S/C25H23N3O5/c1-32-19-8-3-16(4-9-19)14-26-23(29)18-7-12-22-21(13-18)24(30)28(25(31)27-22)15-17-5-10-20(33-2)11-6-17/h3-13H,14-15H2,1-2H3,(H,26,29)(H,27,31).